The maximum atomic E-state index is 8.48. The summed E-state index contributed by atoms with van der Waals surface area (Å²) in [7, 11) is -6.74. The van der Waals surface area contributed by atoms with E-state index in [-0.39, 0.29) is 30.4 Å². The Labute approximate surface area is 77.6 Å². The molecule has 0 fully saturated rings. The quantitative estimate of drug-likeness (QED) is 0.271. The fourth-order valence-electron chi connectivity index (χ4n) is 0. The van der Waals surface area contributed by atoms with E-state index >= 15 is 0 Å². The van der Waals surface area contributed by atoms with Gasteiger partial charge in [-0.05, 0) is 0 Å². The van der Waals surface area contributed by atoms with Gasteiger partial charge in [0.2, 0.25) is 0 Å². The van der Waals surface area contributed by atoms with Crippen LogP contribution in [0.1, 0.15) is 0 Å². The van der Waals surface area contributed by atoms with Gasteiger partial charge in [-0.3, -0.25) is 0 Å². The molecule has 0 radical (unpaired) electrons. The van der Waals surface area contributed by atoms with Gasteiger partial charge in [0.15, 0.2) is 0 Å². The average Bonchev–Trinajstić information content (AvgIpc) is 1.25. The van der Waals surface area contributed by atoms with E-state index in [1.807, 2.05) is 0 Å². The van der Waals surface area contributed by atoms with E-state index in [0.29, 0.717) is 0 Å². The Hall–Kier alpha value is 1.13. The molecule has 0 spiro atoms. The predicted molar refractivity (Wildman–Crippen MR) is 31.1 cm³/mol. The van der Waals surface area contributed by atoms with Crippen LogP contribution in [0.25, 0.3) is 0 Å². The Morgan fingerprint density at radius 1 is 0.455 bits per heavy atom. The van der Waals surface area contributed by atoms with E-state index in [0.717, 1.165) is 0 Å². The van der Waals surface area contributed by atoms with E-state index in [1.54, 1.807) is 0 Å². The fraction of sp³-hybridized carbons (Fsp3) is 0. The molecule has 0 heterocycles. The summed E-state index contributed by atoms with van der Waals surface area (Å²) in [5, 5.41) is 0. The number of hydrogen-bond donors (Lipinski definition) is 0. The molecule has 0 rings (SSSR count). The maximum absolute atomic E-state index is 8.48. The van der Waals surface area contributed by atoms with E-state index in [2.05, 4.69) is 0 Å². The minimum atomic E-state index is -3.37. The molecular weight excluding hydrogens is 185 g/mol. The van der Waals surface area contributed by atoms with Crippen molar-refractivity contribution in [3.8, 4) is 0 Å². The summed E-state index contributed by atoms with van der Waals surface area (Å²) in [5.41, 5.74) is 0. The first-order valence-corrected chi connectivity index (χ1v) is 3.29. The summed E-state index contributed by atoms with van der Waals surface area (Å²) in [4.78, 5) is 50.9. The Kier molecular flexibility index (Phi) is 60.4. The van der Waals surface area contributed by atoms with Gasteiger partial charge in [-0.15, -0.1) is 0 Å². The molecule has 11 heteroatoms. The average molecular weight is 185 g/mol. The molecule has 0 atom stereocenters. The van der Waals surface area contributed by atoms with Crippen molar-refractivity contribution < 1.29 is 29.4 Å². The number of rotatable bonds is 0. The SMILES string of the molecule is [Be+2].[Be+2].[Be+2].[O-]P([O-])[O-].[O-]P([O-])[O-]. The second-order valence-electron chi connectivity index (χ2n) is 0.447. The van der Waals surface area contributed by atoms with Crippen LogP contribution in [0.5, 0.6) is 0 Å². The third kappa shape index (κ3) is 730. The molecule has 0 N–H and O–H groups in total. The van der Waals surface area contributed by atoms with Gasteiger partial charge in [0.05, 0.1) is 0 Å². The molecule has 0 aromatic rings. The van der Waals surface area contributed by atoms with Gasteiger partial charge in [-0.25, -0.2) is 0 Å². The second-order valence-corrected chi connectivity index (χ2v) is 1.34. The molecular formula is Be3O6P2. The molecule has 0 aliphatic heterocycles. The van der Waals surface area contributed by atoms with Gasteiger partial charge in [-0.2, -0.15) is 0 Å². The fourth-order valence-corrected chi connectivity index (χ4v) is 0. The van der Waals surface area contributed by atoms with Gasteiger partial charge < -0.3 is 46.6 Å². The van der Waals surface area contributed by atoms with Crippen molar-refractivity contribution in [3.05, 3.63) is 0 Å². The van der Waals surface area contributed by atoms with Crippen molar-refractivity contribution in [2.45, 2.75) is 0 Å². The van der Waals surface area contributed by atoms with E-state index in [9.17, 15) is 0 Å². The summed E-state index contributed by atoms with van der Waals surface area (Å²) >= 11 is 0. The van der Waals surface area contributed by atoms with Gasteiger partial charge >= 0.3 is 30.4 Å². The number of hydrogen-bond acceptors (Lipinski definition) is 6. The zero-order chi connectivity index (χ0) is 7.15. The minimum absolute atomic E-state index is 0. The molecule has 0 aliphatic rings. The van der Waals surface area contributed by atoms with Crippen LogP contribution in [0.4, 0.5) is 0 Å². The first-order valence-electron chi connectivity index (χ1n) is 1.10. The Bertz CT molecular complexity index is 31.3. The molecule has 0 aromatic carbocycles. The smallest absolute Gasteiger partial charge is 0.854 e. The van der Waals surface area contributed by atoms with Crippen LogP contribution >= 0.6 is 17.2 Å². The zero-order valence-corrected chi connectivity index (χ0v) is 7.25. The van der Waals surface area contributed by atoms with Gasteiger partial charge in [0.25, 0.3) is 0 Å². The Morgan fingerprint density at radius 3 is 0.455 bits per heavy atom. The van der Waals surface area contributed by atoms with Crippen LogP contribution in [-0.2, 0) is 0 Å². The van der Waals surface area contributed by atoms with E-state index in [4.69, 9.17) is 29.4 Å². The maximum Gasteiger partial charge on any atom is 2.00 e. The monoisotopic (exact) mass is 185 g/mol. The first kappa shape index (κ1) is 29.6. The minimum Gasteiger partial charge on any atom is -0.854 e. The molecule has 0 saturated heterocycles. The molecule has 0 saturated carbocycles. The Balaban J connectivity index is -0.0000000171. The predicted octanol–water partition coefficient (Wildman–Crippen LogP) is -6.55. The molecule has 0 amide bonds. The van der Waals surface area contributed by atoms with Crippen LogP contribution in [0.2, 0.25) is 0 Å². The standard InChI is InChI=1S/3Be.2O3P/c;;;2*1-4(2)3/q3*+2;2*-3. The van der Waals surface area contributed by atoms with Crippen molar-refractivity contribution in [2.75, 3.05) is 0 Å². The molecule has 0 bridgehead atoms. The largest absolute Gasteiger partial charge is 2.00 e. The van der Waals surface area contributed by atoms with Crippen molar-refractivity contribution in [2.24, 2.45) is 0 Å². The summed E-state index contributed by atoms with van der Waals surface area (Å²) in [5.74, 6) is 0. The van der Waals surface area contributed by atoms with Crippen LogP contribution < -0.4 is 29.4 Å². The normalized spacial score (nSPS) is 6.55. The molecule has 52 valence electrons. The van der Waals surface area contributed by atoms with E-state index < -0.39 is 17.2 Å². The van der Waals surface area contributed by atoms with Gasteiger partial charge in [0.1, 0.15) is 0 Å². The van der Waals surface area contributed by atoms with Gasteiger partial charge in [-0.1, -0.05) is 0 Å². The molecule has 0 aromatic heterocycles. The van der Waals surface area contributed by atoms with Crippen LogP contribution in [0.15, 0.2) is 0 Å². The van der Waals surface area contributed by atoms with Crippen molar-refractivity contribution in [1.29, 1.82) is 0 Å². The summed E-state index contributed by atoms with van der Waals surface area (Å²) in [6, 6.07) is 0. The van der Waals surface area contributed by atoms with Crippen molar-refractivity contribution in [1.82, 2.24) is 0 Å². The summed E-state index contributed by atoms with van der Waals surface area (Å²) < 4.78 is 0. The summed E-state index contributed by atoms with van der Waals surface area (Å²) in [6.07, 6.45) is 0. The van der Waals surface area contributed by atoms with Crippen LogP contribution in [-0.4, -0.2) is 30.4 Å². The molecule has 0 unspecified atom stereocenters. The van der Waals surface area contributed by atoms with Crippen molar-refractivity contribution >= 4 is 47.6 Å². The topological polar surface area (TPSA) is 138 Å². The van der Waals surface area contributed by atoms with Crippen LogP contribution in [0, 0.1) is 0 Å². The van der Waals surface area contributed by atoms with Crippen LogP contribution in [0.3, 0.4) is 0 Å². The van der Waals surface area contributed by atoms with E-state index in [1.165, 1.54) is 0 Å². The van der Waals surface area contributed by atoms with Crippen molar-refractivity contribution in [3.63, 3.8) is 0 Å². The third-order valence-corrected chi connectivity index (χ3v) is 0. The van der Waals surface area contributed by atoms with Gasteiger partial charge in [0, 0.05) is 0 Å². The first-order chi connectivity index (χ1) is 3.46. The molecule has 11 heavy (non-hydrogen) atoms. The molecule has 0 aliphatic carbocycles. The zero-order valence-electron chi connectivity index (χ0n) is 5.47. The molecule has 6 nitrogen and oxygen atoms in total. The second kappa shape index (κ2) is 22.5. The third-order valence-electron chi connectivity index (χ3n) is 0. The Morgan fingerprint density at radius 2 is 0.455 bits per heavy atom. The summed E-state index contributed by atoms with van der Waals surface area (Å²) in [6.45, 7) is 0.